The summed E-state index contributed by atoms with van der Waals surface area (Å²) < 4.78 is 11.8. The number of rotatable bonds is 3. The maximum absolute atomic E-state index is 13.4. The van der Waals surface area contributed by atoms with Gasteiger partial charge in [0.2, 0.25) is 0 Å². The van der Waals surface area contributed by atoms with Gasteiger partial charge in [0.1, 0.15) is 5.92 Å². The van der Waals surface area contributed by atoms with Crippen molar-refractivity contribution in [3.05, 3.63) is 46.5 Å². The minimum absolute atomic E-state index is 0.0618. The Labute approximate surface area is 160 Å². The lowest BCUT2D eigenvalue weighted by Gasteiger charge is -2.35. The summed E-state index contributed by atoms with van der Waals surface area (Å²) >= 11 is 0. The Balaban J connectivity index is 1.67. The van der Waals surface area contributed by atoms with Crippen LogP contribution in [-0.4, -0.2) is 30.6 Å². The van der Waals surface area contributed by atoms with E-state index in [1.54, 1.807) is 0 Å². The van der Waals surface area contributed by atoms with Gasteiger partial charge >= 0.3 is 0 Å². The molecule has 3 fully saturated rings. The zero-order valence-electron chi connectivity index (χ0n) is 16.5. The molecule has 1 heterocycles. The molecule has 2 atom stereocenters. The Kier molecular flexibility index (Phi) is 4.59. The highest BCUT2D eigenvalue weighted by atomic mass is 16.7. The van der Waals surface area contributed by atoms with E-state index in [4.69, 9.17) is 9.47 Å². The zero-order valence-corrected chi connectivity index (χ0v) is 16.5. The van der Waals surface area contributed by atoms with Gasteiger partial charge in [-0.2, -0.15) is 0 Å². The summed E-state index contributed by atoms with van der Waals surface area (Å²) in [6.45, 7) is 11.0. The van der Waals surface area contributed by atoms with E-state index in [0.717, 1.165) is 35.1 Å². The van der Waals surface area contributed by atoms with Crippen molar-refractivity contribution < 1.29 is 19.1 Å². The van der Waals surface area contributed by atoms with Gasteiger partial charge in [0.05, 0.1) is 13.2 Å². The lowest BCUT2D eigenvalue weighted by atomic mass is 9.83. The van der Waals surface area contributed by atoms with Crippen molar-refractivity contribution in [3.8, 4) is 0 Å². The maximum atomic E-state index is 13.4. The number of fused-ring (bicyclic) bond motifs is 1. The number of Topliss-reactive ketones (excluding diaryl/α,β-unsaturated/α-hetero) is 2. The van der Waals surface area contributed by atoms with Gasteiger partial charge in [0.25, 0.3) is 0 Å². The molecule has 1 saturated heterocycles. The van der Waals surface area contributed by atoms with Crippen molar-refractivity contribution in [3.63, 3.8) is 0 Å². The van der Waals surface area contributed by atoms with Crippen LogP contribution in [-0.2, 0) is 31.9 Å². The van der Waals surface area contributed by atoms with E-state index in [-0.39, 0.29) is 23.4 Å². The van der Waals surface area contributed by atoms with Crippen molar-refractivity contribution in [2.45, 2.75) is 58.2 Å². The van der Waals surface area contributed by atoms with E-state index in [1.807, 2.05) is 0 Å². The van der Waals surface area contributed by atoms with Gasteiger partial charge in [0, 0.05) is 24.7 Å². The number of ketones is 2. The predicted octanol–water partition coefficient (Wildman–Crippen LogP) is 3.68. The Hall–Kier alpha value is -1.78. The topological polar surface area (TPSA) is 52.6 Å². The van der Waals surface area contributed by atoms with Crippen LogP contribution in [0, 0.1) is 18.8 Å². The molecule has 0 radical (unpaired) electrons. The summed E-state index contributed by atoms with van der Waals surface area (Å²) in [5, 5.41) is 0. The molecule has 0 bridgehead atoms. The molecule has 1 aromatic rings. The Bertz CT molecular complexity index is 761. The molecule has 0 N–H and O–H groups in total. The van der Waals surface area contributed by atoms with Gasteiger partial charge in [0.15, 0.2) is 17.4 Å². The molecule has 2 aliphatic carbocycles. The first kappa shape index (κ1) is 18.6. The quantitative estimate of drug-likeness (QED) is 0.603. The Morgan fingerprint density at radius 1 is 1.00 bits per heavy atom. The standard InChI is InChI=1S/C23H28O4/c1-5-15-7-13(3)8-16(6-2)19(15)20-21(24)17-9-23(10-18(17)22(20)25)26-11-14(4)12-27-23/h7-8,17-18,20H,4-6,9-12H2,1-3H3. The van der Waals surface area contributed by atoms with Gasteiger partial charge in [-0.15, -0.1) is 0 Å². The van der Waals surface area contributed by atoms with Crippen LogP contribution in [0.25, 0.3) is 0 Å². The molecule has 4 heteroatoms. The van der Waals surface area contributed by atoms with E-state index in [1.165, 1.54) is 5.56 Å². The Morgan fingerprint density at radius 2 is 1.48 bits per heavy atom. The molecule has 1 aromatic carbocycles. The summed E-state index contributed by atoms with van der Waals surface area (Å²) in [7, 11) is 0. The molecule has 1 spiro atoms. The maximum Gasteiger partial charge on any atom is 0.170 e. The van der Waals surface area contributed by atoms with Gasteiger partial charge in [-0.1, -0.05) is 38.1 Å². The van der Waals surface area contributed by atoms with E-state index >= 15 is 0 Å². The second-order valence-electron chi connectivity index (χ2n) is 8.30. The highest BCUT2D eigenvalue weighted by molar-refractivity contribution is 6.16. The van der Waals surface area contributed by atoms with Crippen molar-refractivity contribution in [2.75, 3.05) is 13.2 Å². The molecular formula is C23H28O4. The average Bonchev–Trinajstić information content (AvgIpc) is 3.13. The number of ether oxygens (including phenoxy) is 2. The molecular weight excluding hydrogens is 340 g/mol. The molecule has 4 nitrogen and oxygen atoms in total. The first-order valence-electron chi connectivity index (χ1n) is 10.0. The lowest BCUT2D eigenvalue weighted by Crippen LogP contribution is -2.40. The van der Waals surface area contributed by atoms with E-state index in [2.05, 4.69) is 39.5 Å². The number of carbonyl (C=O) groups excluding carboxylic acids is 2. The fourth-order valence-corrected chi connectivity index (χ4v) is 5.18. The lowest BCUT2D eigenvalue weighted by molar-refractivity contribution is -0.247. The van der Waals surface area contributed by atoms with Crippen LogP contribution >= 0.6 is 0 Å². The molecule has 3 aliphatic rings. The summed E-state index contributed by atoms with van der Waals surface area (Å²) in [5.74, 6) is -1.84. The molecule has 2 saturated carbocycles. The van der Waals surface area contributed by atoms with Gasteiger partial charge in [-0.3, -0.25) is 9.59 Å². The first-order valence-corrected chi connectivity index (χ1v) is 10.0. The predicted molar refractivity (Wildman–Crippen MR) is 103 cm³/mol. The van der Waals surface area contributed by atoms with E-state index in [9.17, 15) is 9.59 Å². The number of hydrogen-bond donors (Lipinski definition) is 0. The van der Waals surface area contributed by atoms with Crippen LogP contribution < -0.4 is 0 Å². The highest BCUT2D eigenvalue weighted by Gasteiger charge is 2.61. The monoisotopic (exact) mass is 368 g/mol. The fraction of sp³-hybridized carbons (Fsp3) is 0.565. The molecule has 1 aliphatic heterocycles. The van der Waals surface area contributed by atoms with Crippen LogP contribution in [0.3, 0.4) is 0 Å². The molecule has 4 rings (SSSR count). The van der Waals surface area contributed by atoms with Crippen molar-refractivity contribution in [1.82, 2.24) is 0 Å². The molecule has 27 heavy (non-hydrogen) atoms. The fourth-order valence-electron chi connectivity index (χ4n) is 5.18. The van der Waals surface area contributed by atoms with Crippen molar-refractivity contribution in [1.29, 1.82) is 0 Å². The number of aryl methyl sites for hydroxylation is 3. The SMILES string of the molecule is C=C1COC2(CC3C(=O)C(c4c(CC)cc(C)cc4CC)C(=O)C3C2)OC1. The third-order valence-electron chi connectivity index (χ3n) is 6.47. The number of carbonyl (C=O) groups is 2. The van der Waals surface area contributed by atoms with E-state index in [0.29, 0.717) is 26.1 Å². The smallest absolute Gasteiger partial charge is 0.170 e. The first-order chi connectivity index (χ1) is 12.9. The van der Waals surface area contributed by atoms with Crippen LogP contribution in [0.15, 0.2) is 24.3 Å². The summed E-state index contributed by atoms with van der Waals surface area (Å²) in [6, 6.07) is 4.26. The van der Waals surface area contributed by atoms with E-state index < -0.39 is 11.7 Å². The van der Waals surface area contributed by atoms with Crippen LogP contribution in [0.5, 0.6) is 0 Å². The van der Waals surface area contributed by atoms with Crippen molar-refractivity contribution in [2.24, 2.45) is 11.8 Å². The minimum atomic E-state index is -0.777. The number of hydrogen-bond acceptors (Lipinski definition) is 4. The summed E-state index contributed by atoms with van der Waals surface area (Å²) in [6.07, 6.45) is 2.63. The molecule has 144 valence electrons. The summed E-state index contributed by atoms with van der Waals surface area (Å²) in [4.78, 5) is 26.7. The number of benzene rings is 1. The zero-order chi connectivity index (χ0) is 19.3. The van der Waals surface area contributed by atoms with Gasteiger partial charge < -0.3 is 9.47 Å². The second-order valence-corrected chi connectivity index (χ2v) is 8.30. The molecule has 2 unspecified atom stereocenters. The van der Waals surface area contributed by atoms with Crippen LogP contribution in [0.1, 0.15) is 54.9 Å². The third-order valence-corrected chi connectivity index (χ3v) is 6.47. The largest absolute Gasteiger partial charge is 0.345 e. The van der Waals surface area contributed by atoms with Crippen LogP contribution in [0.2, 0.25) is 0 Å². The summed E-state index contributed by atoms with van der Waals surface area (Å²) in [5.41, 5.74) is 5.33. The third kappa shape index (κ3) is 2.90. The van der Waals surface area contributed by atoms with Crippen molar-refractivity contribution >= 4 is 11.6 Å². The Morgan fingerprint density at radius 3 is 1.93 bits per heavy atom. The van der Waals surface area contributed by atoms with Gasteiger partial charge in [-0.25, -0.2) is 0 Å². The molecule has 0 amide bonds. The van der Waals surface area contributed by atoms with Crippen LogP contribution in [0.4, 0.5) is 0 Å². The normalized spacial score (nSPS) is 29.6. The average molecular weight is 368 g/mol. The molecule has 0 aromatic heterocycles. The second kappa shape index (κ2) is 6.68. The highest BCUT2D eigenvalue weighted by Crippen LogP contribution is 2.53. The van der Waals surface area contributed by atoms with Gasteiger partial charge in [-0.05, 0) is 42.0 Å². The minimum Gasteiger partial charge on any atom is -0.345 e.